The van der Waals surface area contributed by atoms with Crippen molar-refractivity contribution < 1.29 is 23.9 Å². The molecule has 8 nitrogen and oxygen atoms in total. The highest BCUT2D eigenvalue weighted by Crippen LogP contribution is 2.30. The number of ether oxygens (including phenoxy) is 2. The normalized spacial score (nSPS) is 14.1. The van der Waals surface area contributed by atoms with E-state index in [0.717, 1.165) is 0 Å². The van der Waals surface area contributed by atoms with Gasteiger partial charge in [-0.15, -0.1) is 0 Å². The van der Waals surface area contributed by atoms with Gasteiger partial charge in [-0.25, -0.2) is 5.01 Å². The molecule has 9 heteroatoms. The molecule has 3 amide bonds. The van der Waals surface area contributed by atoms with Gasteiger partial charge in [0.15, 0.2) is 18.1 Å². The first-order chi connectivity index (χ1) is 16.9. The molecular formula is C26H22ClN3O5. The SMILES string of the molecule is CCOc1cc(C=C2C(=O)NN(c3ccccc3)C2=O)ccc1OCC(=O)Nc1ccc(Cl)cc1. The van der Waals surface area contributed by atoms with Crippen molar-refractivity contribution in [3.8, 4) is 11.5 Å². The van der Waals surface area contributed by atoms with Gasteiger partial charge in [0.05, 0.1) is 12.3 Å². The molecular weight excluding hydrogens is 470 g/mol. The number of halogens is 1. The lowest BCUT2D eigenvalue weighted by Gasteiger charge is -2.14. The standard InChI is InChI=1S/C26H22ClN3O5/c1-2-34-23-15-17(14-21-25(32)29-30(26(21)33)20-6-4-3-5-7-20)8-13-22(23)35-16-24(31)28-19-11-9-18(27)10-12-19/h3-15H,2,16H2,1H3,(H,28,31)(H,29,32). The zero-order valence-corrected chi connectivity index (χ0v) is 19.5. The number of hydrogen-bond donors (Lipinski definition) is 2. The third kappa shape index (κ3) is 5.80. The number of para-hydroxylation sites is 1. The zero-order chi connectivity index (χ0) is 24.8. The Labute approximate surface area is 207 Å². The maximum atomic E-state index is 12.8. The monoisotopic (exact) mass is 491 g/mol. The summed E-state index contributed by atoms with van der Waals surface area (Å²) in [4.78, 5) is 37.5. The third-order valence-electron chi connectivity index (χ3n) is 4.97. The second-order valence-corrected chi connectivity index (χ2v) is 7.89. The Bertz CT molecular complexity index is 1280. The molecule has 1 aliphatic rings. The predicted molar refractivity (Wildman–Crippen MR) is 133 cm³/mol. The first-order valence-corrected chi connectivity index (χ1v) is 11.2. The summed E-state index contributed by atoms with van der Waals surface area (Å²) < 4.78 is 11.3. The highest BCUT2D eigenvalue weighted by molar-refractivity contribution is 6.31. The minimum absolute atomic E-state index is 0.00712. The van der Waals surface area contributed by atoms with Gasteiger partial charge in [-0.3, -0.25) is 19.8 Å². The van der Waals surface area contributed by atoms with Crippen LogP contribution < -0.4 is 25.2 Å². The van der Waals surface area contributed by atoms with E-state index in [1.54, 1.807) is 66.7 Å². The molecule has 2 N–H and O–H groups in total. The number of carbonyl (C=O) groups excluding carboxylic acids is 3. The van der Waals surface area contributed by atoms with Crippen LogP contribution in [0.4, 0.5) is 11.4 Å². The van der Waals surface area contributed by atoms with Crippen molar-refractivity contribution in [2.75, 3.05) is 23.5 Å². The lowest BCUT2D eigenvalue weighted by Crippen LogP contribution is -2.35. The second-order valence-electron chi connectivity index (χ2n) is 7.46. The number of nitrogens with one attached hydrogen (secondary N) is 2. The van der Waals surface area contributed by atoms with E-state index in [1.807, 2.05) is 13.0 Å². The Balaban J connectivity index is 1.47. The number of anilines is 2. The van der Waals surface area contributed by atoms with Crippen LogP contribution in [0.3, 0.4) is 0 Å². The molecule has 35 heavy (non-hydrogen) atoms. The minimum Gasteiger partial charge on any atom is -0.490 e. The largest absolute Gasteiger partial charge is 0.490 e. The molecule has 0 unspecified atom stereocenters. The van der Waals surface area contributed by atoms with Gasteiger partial charge >= 0.3 is 0 Å². The lowest BCUT2D eigenvalue weighted by molar-refractivity contribution is -0.118. The summed E-state index contributed by atoms with van der Waals surface area (Å²) in [5.41, 5.74) is 4.28. The molecule has 0 atom stereocenters. The molecule has 3 aromatic carbocycles. The molecule has 0 saturated carbocycles. The molecule has 0 bridgehead atoms. The summed E-state index contributed by atoms with van der Waals surface area (Å²) in [6, 6.07) is 20.5. The smallest absolute Gasteiger partial charge is 0.282 e. The number of hydrazine groups is 1. The van der Waals surface area contributed by atoms with Crippen molar-refractivity contribution in [3.05, 3.63) is 89.0 Å². The second kappa shape index (κ2) is 10.8. The Morgan fingerprint density at radius 1 is 1.00 bits per heavy atom. The topological polar surface area (TPSA) is 97.0 Å². The van der Waals surface area contributed by atoms with Crippen molar-refractivity contribution in [1.82, 2.24) is 5.43 Å². The zero-order valence-electron chi connectivity index (χ0n) is 18.8. The first kappa shape index (κ1) is 23.8. The van der Waals surface area contributed by atoms with Crippen LogP contribution in [0.2, 0.25) is 5.02 Å². The molecule has 3 aromatic rings. The summed E-state index contributed by atoms with van der Waals surface area (Å²) in [5.74, 6) is -0.579. The molecule has 1 fully saturated rings. The number of hydrogen-bond acceptors (Lipinski definition) is 5. The molecule has 0 spiro atoms. The Kier molecular flexibility index (Phi) is 7.32. The maximum Gasteiger partial charge on any atom is 0.282 e. The summed E-state index contributed by atoms with van der Waals surface area (Å²) in [6.07, 6.45) is 1.49. The van der Waals surface area contributed by atoms with Crippen LogP contribution in [0, 0.1) is 0 Å². The fraction of sp³-hybridized carbons (Fsp3) is 0.115. The number of carbonyl (C=O) groups is 3. The molecule has 1 saturated heterocycles. The Morgan fingerprint density at radius 3 is 2.46 bits per heavy atom. The first-order valence-electron chi connectivity index (χ1n) is 10.8. The molecule has 4 rings (SSSR count). The molecule has 1 aliphatic heterocycles. The van der Waals surface area contributed by atoms with Crippen LogP contribution in [0.15, 0.2) is 78.4 Å². The van der Waals surface area contributed by atoms with E-state index in [4.69, 9.17) is 21.1 Å². The average molecular weight is 492 g/mol. The number of nitrogens with zero attached hydrogens (tertiary/aromatic N) is 1. The molecule has 178 valence electrons. The van der Waals surface area contributed by atoms with Crippen LogP contribution in [0.5, 0.6) is 11.5 Å². The van der Waals surface area contributed by atoms with E-state index >= 15 is 0 Å². The van der Waals surface area contributed by atoms with Crippen molar-refractivity contribution in [3.63, 3.8) is 0 Å². The van der Waals surface area contributed by atoms with Crippen LogP contribution >= 0.6 is 11.6 Å². The van der Waals surface area contributed by atoms with Crippen LogP contribution in [0.1, 0.15) is 12.5 Å². The highest BCUT2D eigenvalue weighted by atomic mass is 35.5. The van der Waals surface area contributed by atoms with Gasteiger partial charge in [0.1, 0.15) is 5.57 Å². The quantitative estimate of drug-likeness (QED) is 0.363. The minimum atomic E-state index is -0.504. The van der Waals surface area contributed by atoms with E-state index in [2.05, 4.69) is 10.7 Å². The van der Waals surface area contributed by atoms with Gasteiger partial charge < -0.3 is 14.8 Å². The van der Waals surface area contributed by atoms with Gasteiger partial charge in [-0.1, -0.05) is 35.9 Å². The van der Waals surface area contributed by atoms with Crippen molar-refractivity contribution in [2.24, 2.45) is 0 Å². The average Bonchev–Trinajstić information content (AvgIpc) is 3.14. The van der Waals surface area contributed by atoms with E-state index in [0.29, 0.717) is 40.1 Å². The summed E-state index contributed by atoms with van der Waals surface area (Å²) >= 11 is 5.86. The fourth-order valence-corrected chi connectivity index (χ4v) is 3.48. The van der Waals surface area contributed by atoms with Gasteiger partial charge in [-0.05, 0) is 67.1 Å². The third-order valence-corrected chi connectivity index (χ3v) is 5.22. The summed E-state index contributed by atoms with van der Waals surface area (Å²) in [5, 5.41) is 4.49. The number of rotatable bonds is 8. The van der Waals surface area contributed by atoms with Crippen LogP contribution in [-0.2, 0) is 14.4 Å². The van der Waals surface area contributed by atoms with Crippen molar-refractivity contribution in [2.45, 2.75) is 6.92 Å². The molecule has 1 heterocycles. The highest BCUT2D eigenvalue weighted by Gasteiger charge is 2.34. The van der Waals surface area contributed by atoms with Gasteiger partial charge in [0, 0.05) is 10.7 Å². The summed E-state index contributed by atoms with van der Waals surface area (Å²) in [7, 11) is 0. The van der Waals surface area contributed by atoms with Crippen molar-refractivity contribution in [1.29, 1.82) is 0 Å². The van der Waals surface area contributed by atoms with Crippen molar-refractivity contribution >= 4 is 46.8 Å². The van der Waals surface area contributed by atoms with E-state index in [-0.39, 0.29) is 18.1 Å². The van der Waals surface area contributed by atoms with E-state index in [1.165, 1.54) is 11.1 Å². The molecule has 0 radical (unpaired) electrons. The Hall–Kier alpha value is -4.30. The number of amides is 3. The maximum absolute atomic E-state index is 12.8. The lowest BCUT2D eigenvalue weighted by atomic mass is 10.1. The molecule has 0 aliphatic carbocycles. The number of benzene rings is 3. The van der Waals surface area contributed by atoms with Gasteiger partial charge in [-0.2, -0.15) is 0 Å². The summed E-state index contributed by atoms with van der Waals surface area (Å²) in [6.45, 7) is 1.93. The van der Waals surface area contributed by atoms with Crippen LogP contribution in [-0.4, -0.2) is 30.9 Å². The van der Waals surface area contributed by atoms with E-state index in [9.17, 15) is 14.4 Å². The van der Waals surface area contributed by atoms with Crippen LogP contribution in [0.25, 0.3) is 6.08 Å². The molecule has 0 aromatic heterocycles. The van der Waals surface area contributed by atoms with Gasteiger partial charge in [0.25, 0.3) is 17.7 Å². The Morgan fingerprint density at radius 2 is 1.74 bits per heavy atom. The fourth-order valence-electron chi connectivity index (χ4n) is 3.36. The predicted octanol–water partition coefficient (Wildman–Crippen LogP) is 4.22. The van der Waals surface area contributed by atoms with Gasteiger partial charge in [0.2, 0.25) is 0 Å². The van der Waals surface area contributed by atoms with E-state index < -0.39 is 11.8 Å².